The van der Waals surface area contributed by atoms with Crippen molar-refractivity contribution in [1.29, 1.82) is 5.26 Å². The molecule has 0 aromatic carbocycles. The zero-order chi connectivity index (χ0) is 29.7. The fourth-order valence-corrected chi connectivity index (χ4v) is 8.48. The van der Waals surface area contributed by atoms with Crippen LogP contribution in [-0.4, -0.2) is 66.9 Å². The number of piperidine rings is 2. The SMILES string of the molecule is CC1=C2C=C(C#N)N(Cc3cn[nH]c3)C2CC=C1CN1C2CCCC1CC(Nc1ncnc3sc(CC(F)(F)F)cc13)C2. The minimum absolute atomic E-state index is 0.168. The summed E-state index contributed by atoms with van der Waals surface area (Å²) < 4.78 is 39.0. The Balaban J connectivity index is 1.05. The molecule has 8 nitrogen and oxygen atoms in total. The number of fused-ring (bicyclic) bond motifs is 4. The van der Waals surface area contributed by atoms with Crippen molar-refractivity contribution in [3.63, 3.8) is 0 Å². The molecule has 0 spiro atoms. The van der Waals surface area contributed by atoms with Gasteiger partial charge in [-0.2, -0.15) is 23.5 Å². The summed E-state index contributed by atoms with van der Waals surface area (Å²) in [6.07, 6.45) is 10.6. The lowest BCUT2D eigenvalue weighted by atomic mass is 9.80. The third-order valence-electron chi connectivity index (χ3n) is 9.44. The summed E-state index contributed by atoms with van der Waals surface area (Å²) in [5.41, 5.74) is 5.62. The fraction of sp³-hybridized carbons (Fsp3) is 0.484. The third-order valence-corrected chi connectivity index (χ3v) is 10.5. The van der Waals surface area contributed by atoms with E-state index < -0.39 is 12.6 Å². The number of nitriles is 1. The molecule has 0 amide bonds. The van der Waals surface area contributed by atoms with Gasteiger partial charge >= 0.3 is 6.18 Å². The average Bonchev–Trinajstić information content (AvgIpc) is 3.69. The number of aromatic nitrogens is 4. The van der Waals surface area contributed by atoms with Crippen molar-refractivity contribution in [3.05, 3.63) is 69.8 Å². The van der Waals surface area contributed by atoms with Crippen LogP contribution in [0.5, 0.6) is 0 Å². The number of hydrogen-bond acceptors (Lipinski definition) is 8. The Bertz CT molecular complexity index is 1630. The van der Waals surface area contributed by atoms with E-state index in [1.165, 1.54) is 29.5 Å². The molecular weight excluding hydrogens is 573 g/mol. The number of hydrogen-bond donors (Lipinski definition) is 2. The van der Waals surface area contributed by atoms with Gasteiger partial charge in [-0.1, -0.05) is 12.5 Å². The summed E-state index contributed by atoms with van der Waals surface area (Å²) in [6.45, 7) is 3.74. The van der Waals surface area contributed by atoms with E-state index in [2.05, 4.69) is 60.4 Å². The average molecular weight is 607 g/mol. The second-order valence-corrected chi connectivity index (χ2v) is 13.2. The molecule has 0 radical (unpaired) electrons. The smallest absolute Gasteiger partial charge is 0.367 e. The first-order valence-corrected chi connectivity index (χ1v) is 15.7. The lowest BCUT2D eigenvalue weighted by molar-refractivity contribution is -0.126. The van der Waals surface area contributed by atoms with Crippen LogP contribution < -0.4 is 5.32 Å². The molecule has 3 aromatic rings. The number of nitrogens with one attached hydrogen (secondary N) is 2. The number of H-pyrrole nitrogens is 1. The summed E-state index contributed by atoms with van der Waals surface area (Å²) in [7, 11) is 0. The van der Waals surface area contributed by atoms with E-state index in [1.807, 2.05) is 12.4 Å². The number of allylic oxidation sites excluding steroid dienone is 1. The van der Waals surface area contributed by atoms with Crippen LogP contribution in [0, 0.1) is 11.3 Å². The Labute approximate surface area is 252 Å². The molecule has 3 atom stereocenters. The molecule has 2 saturated heterocycles. The summed E-state index contributed by atoms with van der Waals surface area (Å²) in [4.78, 5) is 14.4. The fourth-order valence-electron chi connectivity index (χ4n) is 7.45. The Hall–Kier alpha value is -3.69. The van der Waals surface area contributed by atoms with Gasteiger partial charge in [0.25, 0.3) is 0 Å². The Morgan fingerprint density at radius 3 is 2.72 bits per heavy atom. The first kappa shape index (κ1) is 28.1. The second-order valence-electron chi connectivity index (χ2n) is 12.1. The Morgan fingerprint density at radius 2 is 2.00 bits per heavy atom. The molecule has 1 aliphatic carbocycles. The van der Waals surface area contributed by atoms with E-state index in [-0.39, 0.29) is 17.0 Å². The molecular formula is C31H33F3N8S. The maximum atomic E-state index is 13.0. The van der Waals surface area contributed by atoms with Crippen molar-refractivity contribution in [3.8, 4) is 6.07 Å². The van der Waals surface area contributed by atoms with Crippen LogP contribution in [0.1, 0.15) is 55.9 Å². The van der Waals surface area contributed by atoms with Crippen molar-refractivity contribution < 1.29 is 13.2 Å². The van der Waals surface area contributed by atoms with Gasteiger partial charge in [-0.3, -0.25) is 10.00 Å². The molecule has 3 aliphatic heterocycles. The summed E-state index contributed by atoms with van der Waals surface area (Å²) in [6, 6.07) is 5.21. The standard InChI is InChI=1S/C31H33F3N8S/c1-18-20(5-6-28-26(18)9-24(12-35)42(28)15-19-13-38-39-14-19)16-41-22-3-2-4-23(41)8-21(7-22)40-29-27-10-25(11-31(32,33)34)43-30(27)37-17-36-29/h5,9-10,13-14,17,21-23,28H,2-4,6-8,11,15-16H2,1H3,(H,38,39)(H,36,37,40). The summed E-state index contributed by atoms with van der Waals surface area (Å²) in [5, 5.41) is 21.1. The molecule has 6 heterocycles. The number of anilines is 1. The number of aromatic amines is 1. The van der Waals surface area contributed by atoms with Gasteiger partial charge in [0.05, 0.1) is 24.0 Å². The number of nitrogens with zero attached hydrogens (tertiary/aromatic N) is 6. The molecule has 224 valence electrons. The highest BCUT2D eigenvalue weighted by Crippen LogP contribution is 2.41. The van der Waals surface area contributed by atoms with Crippen LogP contribution in [0.15, 0.2) is 59.4 Å². The van der Waals surface area contributed by atoms with Crippen molar-refractivity contribution in [2.45, 2.75) is 88.8 Å². The lowest BCUT2D eigenvalue weighted by Gasteiger charge is -2.49. The highest BCUT2D eigenvalue weighted by Gasteiger charge is 2.40. The first-order chi connectivity index (χ1) is 20.8. The highest BCUT2D eigenvalue weighted by molar-refractivity contribution is 7.18. The molecule has 0 saturated carbocycles. The van der Waals surface area contributed by atoms with Crippen molar-refractivity contribution in [2.24, 2.45) is 0 Å². The monoisotopic (exact) mass is 606 g/mol. The van der Waals surface area contributed by atoms with E-state index in [1.54, 1.807) is 6.07 Å². The van der Waals surface area contributed by atoms with Gasteiger partial charge in [-0.15, -0.1) is 11.3 Å². The highest BCUT2D eigenvalue weighted by atomic mass is 32.1. The van der Waals surface area contributed by atoms with Gasteiger partial charge in [-0.25, -0.2) is 9.97 Å². The van der Waals surface area contributed by atoms with Gasteiger partial charge in [0.15, 0.2) is 0 Å². The van der Waals surface area contributed by atoms with Crippen molar-refractivity contribution in [1.82, 2.24) is 30.0 Å². The van der Waals surface area contributed by atoms with Crippen molar-refractivity contribution in [2.75, 3.05) is 11.9 Å². The van der Waals surface area contributed by atoms with Crippen LogP contribution in [0.25, 0.3) is 10.2 Å². The maximum Gasteiger partial charge on any atom is 0.393 e. The van der Waals surface area contributed by atoms with Gasteiger partial charge in [-0.05, 0) is 67.9 Å². The van der Waals surface area contributed by atoms with Crippen LogP contribution in [0.2, 0.25) is 0 Å². The van der Waals surface area contributed by atoms with E-state index >= 15 is 0 Å². The van der Waals surface area contributed by atoms with E-state index in [9.17, 15) is 18.4 Å². The molecule has 3 unspecified atom stereocenters. The Morgan fingerprint density at radius 1 is 1.19 bits per heavy atom. The van der Waals surface area contributed by atoms with Gasteiger partial charge in [0.2, 0.25) is 0 Å². The molecule has 4 aliphatic rings. The number of halogens is 3. The van der Waals surface area contributed by atoms with Gasteiger partial charge < -0.3 is 10.2 Å². The molecule has 2 N–H and O–H groups in total. The topological polar surface area (TPSA) is 96.8 Å². The Kier molecular flexibility index (Phi) is 7.26. The molecule has 7 rings (SSSR count). The summed E-state index contributed by atoms with van der Waals surface area (Å²) in [5.74, 6) is 0.633. The molecule has 12 heteroatoms. The van der Waals surface area contributed by atoms with E-state index in [0.29, 0.717) is 40.4 Å². The number of thiophene rings is 1. The van der Waals surface area contributed by atoms with E-state index in [4.69, 9.17) is 0 Å². The van der Waals surface area contributed by atoms with E-state index in [0.717, 1.165) is 55.5 Å². The summed E-state index contributed by atoms with van der Waals surface area (Å²) >= 11 is 1.09. The van der Waals surface area contributed by atoms with Crippen LogP contribution in [0.3, 0.4) is 0 Å². The number of rotatable bonds is 7. The number of alkyl halides is 3. The molecule has 3 aromatic heterocycles. The van der Waals surface area contributed by atoms with Crippen molar-refractivity contribution >= 4 is 27.4 Å². The second kappa shape index (κ2) is 11.1. The normalized spacial score (nSPS) is 25.9. The first-order valence-electron chi connectivity index (χ1n) is 14.8. The largest absolute Gasteiger partial charge is 0.393 e. The van der Waals surface area contributed by atoms with Gasteiger partial charge in [0.1, 0.15) is 28.7 Å². The van der Waals surface area contributed by atoms with Gasteiger partial charge in [0, 0.05) is 47.9 Å². The zero-order valence-corrected chi connectivity index (χ0v) is 24.7. The lowest BCUT2D eigenvalue weighted by Crippen LogP contribution is -2.55. The quantitative estimate of drug-likeness (QED) is 0.328. The zero-order valence-electron chi connectivity index (χ0n) is 23.9. The van der Waals surface area contributed by atoms with Crippen LogP contribution in [0.4, 0.5) is 19.0 Å². The predicted octanol–water partition coefficient (Wildman–Crippen LogP) is 6.26. The third kappa shape index (κ3) is 5.56. The van der Waals surface area contributed by atoms with Crippen LogP contribution in [-0.2, 0) is 13.0 Å². The molecule has 2 fully saturated rings. The predicted molar refractivity (Wildman–Crippen MR) is 159 cm³/mol. The maximum absolute atomic E-state index is 13.0. The minimum atomic E-state index is -4.25. The van der Waals surface area contributed by atoms with Crippen LogP contribution >= 0.6 is 11.3 Å². The molecule has 43 heavy (non-hydrogen) atoms. The molecule has 2 bridgehead atoms. The minimum Gasteiger partial charge on any atom is -0.367 e.